The number of rotatable bonds is 6. The first-order valence-corrected chi connectivity index (χ1v) is 7.96. The average molecular weight is 289 g/mol. The fourth-order valence-electron chi connectivity index (χ4n) is 3.04. The molecule has 1 aromatic carbocycles. The van der Waals surface area contributed by atoms with E-state index in [4.69, 9.17) is 5.73 Å². The third-order valence-electron chi connectivity index (χ3n) is 4.87. The van der Waals surface area contributed by atoms with Gasteiger partial charge in [0.1, 0.15) is 0 Å². The van der Waals surface area contributed by atoms with Gasteiger partial charge in [0.2, 0.25) is 5.91 Å². The molecule has 0 radical (unpaired) electrons. The third-order valence-corrected chi connectivity index (χ3v) is 4.87. The Balaban J connectivity index is 1.95. The van der Waals surface area contributed by atoms with Gasteiger partial charge in [-0.3, -0.25) is 4.79 Å². The van der Waals surface area contributed by atoms with Crippen LogP contribution in [-0.4, -0.2) is 31.6 Å². The predicted octanol–water partition coefficient (Wildman–Crippen LogP) is 2.15. The number of anilines is 1. The molecule has 1 atom stereocenters. The number of hydrogen-bond acceptors (Lipinski definition) is 3. The molecule has 3 N–H and O–H groups in total. The number of hydrogen-bond donors (Lipinski definition) is 2. The Kier molecular flexibility index (Phi) is 5.23. The van der Waals surface area contributed by atoms with Crippen LogP contribution in [0.1, 0.15) is 33.1 Å². The van der Waals surface area contributed by atoms with Gasteiger partial charge in [-0.15, -0.1) is 0 Å². The largest absolute Gasteiger partial charge is 0.369 e. The molecule has 4 heteroatoms. The Hall–Kier alpha value is -1.55. The third kappa shape index (κ3) is 3.38. The van der Waals surface area contributed by atoms with Gasteiger partial charge in [0.15, 0.2) is 0 Å². The van der Waals surface area contributed by atoms with Gasteiger partial charge >= 0.3 is 0 Å². The van der Waals surface area contributed by atoms with Gasteiger partial charge in [0.05, 0.1) is 5.41 Å². The van der Waals surface area contributed by atoms with Crippen LogP contribution in [0.5, 0.6) is 0 Å². The van der Waals surface area contributed by atoms with E-state index in [1.54, 1.807) is 0 Å². The standard InChI is InChI=1S/C17H27N3O/c1-3-17(4-2,13-18)16(21)19-14-10-11-20(12-14)15-8-6-5-7-9-15/h5-9,14H,3-4,10-13,18H2,1-2H3,(H,19,21). The van der Waals surface area contributed by atoms with Crippen molar-refractivity contribution in [3.63, 3.8) is 0 Å². The molecule has 0 aromatic heterocycles. The normalized spacial score (nSPS) is 18.8. The molecule has 1 aliphatic heterocycles. The van der Waals surface area contributed by atoms with Crippen molar-refractivity contribution in [2.75, 3.05) is 24.5 Å². The Morgan fingerprint density at radius 3 is 2.57 bits per heavy atom. The number of nitrogens with one attached hydrogen (secondary N) is 1. The minimum atomic E-state index is -0.403. The van der Waals surface area contributed by atoms with E-state index in [-0.39, 0.29) is 11.9 Å². The maximum Gasteiger partial charge on any atom is 0.227 e. The summed E-state index contributed by atoms with van der Waals surface area (Å²) in [5, 5.41) is 3.21. The van der Waals surface area contributed by atoms with E-state index in [9.17, 15) is 4.79 Å². The van der Waals surface area contributed by atoms with Gasteiger partial charge in [0.25, 0.3) is 0 Å². The van der Waals surface area contributed by atoms with Crippen LogP contribution in [0.3, 0.4) is 0 Å². The lowest BCUT2D eigenvalue weighted by atomic mass is 9.81. The summed E-state index contributed by atoms with van der Waals surface area (Å²) in [5.41, 5.74) is 6.68. The Morgan fingerprint density at radius 2 is 2.00 bits per heavy atom. The molecule has 1 amide bonds. The Morgan fingerprint density at radius 1 is 1.33 bits per heavy atom. The molecule has 0 aliphatic carbocycles. The van der Waals surface area contributed by atoms with E-state index in [0.717, 1.165) is 32.4 Å². The number of para-hydroxylation sites is 1. The zero-order valence-electron chi connectivity index (χ0n) is 13.1. The van der Waals surface area contributed by atoms with Crippen LogP contribution < -0.4 is 16.0 Å². The fourth-order valence-corrected chi connectivity index (χ4v) is 3.04. The highest BCUT2D eigenvalue weighted by Crippen LogP contribution is 2.26. The zero-order valence-corrected chi connectivity index (χ0v) is 13.1. The minimum Gasteiger partial charge on any atom is -0.369 e. The number of nitrogens with zero attached hydrogens (tertiary/aromatic N) is 1. The first-order chi connectivity index (χ1) is 10.1. The SMILES string of the molecule is CCC(CC)(CN)C(=O)NC1CCN(c2ccccc2)C1. The van der Waals surface area contributed by atoms with Crippen molar-refractivity contribution in [1.82, 2.24) is 5.32 Å². The fraction of sp³-hybridized carbons (Fsp3) is 0.588. The van der Waals surface area contributed by atoms with Crippen molar-refractivity contribution in [3.05, 3.63) is 30.3 Å². The summed E-state index contributed by atoms with van der Waals surface area (Å²) in [4.78, 5) is 14.9. The van der Waals surface area contributed by atoms with Crippen LogP contribution in [0.4, 0.5) is 5.69 Å². The molecule has 2 rings (SSSR count). The molecule has 1 fully saturated rings. The Bertz CT molecular complexity index is 448. The number of benzene rings is 1. The van der Waals surface area contributed by atoms with Crippen LogP contribution in [0.15, 0.2) is 30.3 Å². The number of amides is 1. The van der Waals surface area contributed by atoms with Crippen LogP contribution in [0.2, 0.25) is 0 Å². The van der Waals surface area contributed by atoms with E-state index >= 15 is 0 Å². The van der Waals surface area contributed by atoms with Gasteiger partial charge in [-0.25, -0.2) is 0 Å². The van der Waals surface area contributed by atoms with Crippen molar-refractivity contribution in [2.24, 2.45) is 11.1 Å². The molecular formula is C17H27N3O. The molecule has 0 spiro atoms. The van der Waals surface area contributed by atoms with Crippen molar-refractivity contribution in [2.45, 2.75) is 39.2 Å². The summed E-state index contributed by atoms with van der Waals surface area (Å²) in [6.07, 6.45) is 2.58. The highest BCUT2D eigenvalue weighted by Gasteiger charge is 2.35. The van der Waals surface area contributed by atoms with E-state index in [2.05, 4.69) is 34.5 Å². The number of carbonyl (C=O) groups is 1. The van der Waals surface area contributed by atoms with E-state index in [1.165, 1.54) is 5.69 Å². The molecule has 1 heterocycles. The molecule has 0 saturated carbocycles. The van der Waals surface area contributed by atoms with Crippen molar-refractivity contribution >= 4 is 11.6 Å². The van der Waals surface area contributed by atoms with Crippen LogP contribution >= 0.6 is 0 Å². The molecule has 1 saturated heterocycles. The molecule has 1 unspecified atom stereocenters. The summed E-state index contributed by atoms with van der Waals surface area (Å²) in [6, 6.07) is 10.6. The van der Waals surface area contributed by atoms with Gasteiger partial charge in [-0.2, -0.15) is 0 Å². The molecule has 4 nitrogen and oxygen atoms in total. The smallest absolute Gasteiger partial charge is 0.227 e. The summed E-state index contributed by atoms with van der Waals surface area (Å²) in [6.45, 7) is 6.37. The van der Waals surface area contributed by atoms with Gasteiger partial charge < -0.3 is 16.0 Å². The first kappa shape index (κ1) is 15.8. The monoisotopic (exact) mass is 289 g/mol. The highest BCUT2D eigenvalue weighted by molar-refractivity contribution is 5.83. The molecule has 21 heavy (non-hydrogen) atoms. The van der Waals surface area contributed by atoms with Gasteiger partial charge in [-0.05, 0) is 31.4 Å². The number of carbonyl (C=O) groups excluding carboxylic acids is 1. The second-order valence-corrected chi connectivity index (χ2v) is 5.93. The molecule has 0 bridgehead atoms. The topological polar surface area (TPSA) is 58.4 Å². The maximum absolute atomic E-state index is 12.5. The summed E-state index contributed by atoms with van der Waals surface area (Å²) in [7, 11) is 0. The second-order valence-electron chi connectivity index (χ2n) is 5.93. The summed E-state index contributed by atoms with van der Waals surface area (Å²) >= 11 is 0. The van der Waals surface area contributed by atoms with Crippen LogP contribution in [-0.2, 0) is 4.79 Å². The lowest BCUT2D eigenvalue weighted by Crippen LogP contribution is -2.49. The van der Waals surface area contributed by atoms with E-state index in [0.29, 0.717) is 6.54 Å². The highest BCUT2D eigenvalue weighted by atomic mass is 16.2. The van der Waals surface area contributed by atoms with Crippen molar-refractivity contribution < 1.29 is 4.79 Å². The van der Waals surface area contributed by atoms with Gasteiger partial charge in [-0.1, -0.05) is 32.0 Å². The lowest BCUT2D eigenvalue weighted by molar-refractivity contribution is -0.131. The maximum atomic E-state index is 12.5. The molecule has 1 aliphatic rings. The summed E-state index contributed by atoms with van der Waals surface area (Å²) < 4.78 is 0. The van der Waals surface area contributed by atoms with Crippen LogP contribution in [0, 0.1) is 5.41 Å². The Labute approximate surface area is 127 Å². The van der Waals surface area contributed by atoms with E-state index < -0.39 is 5.41 Å². The predicted molar refractivity (Wildman–Crippen MR) is 87.3 cm³/mol. The van der Waals surface area contributed by atoms with E-state index in [1.807, 2.05) is 19.9 Å². The molecule has 116 valence electrons. The molecular weight excluding hydrogens is 262 g/mol. The van der Waals surface area contributed by atoms with Gasteiger partial charge in [0, 0.05) is 31.4 Å². The second kappa shape index (κ2) is 6.94. The van der Waals surface area contributed by atoms with Crippen molar-refractivity contribution in [3.8, 4) is 0 Å². The summed E-state index contributed by atoms with van der Waals surface area (Å²) in [5.74, 6) is 0.120. The van der Waals surface area contributed by atoms with Crippen LogP contribution in [0.25, 0.3) is 0 Å². The quantitative estimate of drug-likeness (QED) is 0.843. The first-order valence-electron chi connectivity index (χ1n) is 7.96. The molecule has 1 aromatic rings. The number of nitrogens with two attached hydrogens (primary N) is 1. The minimum absolute atomic E-state index is 0.120. The van der Waals surface area contributed by atoms with Crippen molar-refractivity contribution in [1.29, 1.82) is 0 Å². The zero-order chi connectivity index (χ0) is 15.3. The average Bonchev–Trinajstić information content (AvgIpc) is 2.99. The lowest BCUT2D eigenvalue weighted by Gasteiger charge is -2.30.